The molecular formula is C8H20Cl2N2O. The first-order valence-corrected chi connectivity index (χ1v) is 4.42. The van der Waals surface area contributed by atoms with Gasteiger partial charge in [-0.25, -0.2) is 0 Å². The molecule has 1 aliphatic rings. The van der Waals surface area contributed by atoms with Crippen LogP contribution in [0.4, 0.5) is 0 Å². The lowest BCUT2D eigenvalue weighted by molar-refractivity contribution is 0.0899. The number of aliphatic hydroxyl groups excluding tert-OH is 1. The molecule has 0 aromatic rings. The number of halogens is 2. The molecule has 0 amide bonds. The van der Waals surface area contributed by atoms with Gasteiger partial charge in [-0.05, 0) is 13.1 Å². The summed E-state index contributed by atoms with van der Waals surface area (Å²) in [6.45, 7) is 8.01. The second kappa shape index (κ2) is 7.83. The largest absolute Gasteiger partial charge is 0.390 e. The Kier molecular flexibility index (Phi) is 9.58. The summed E-state index contributed by atoms with van der Waals surface area (Å²) in [5, 5.41) is 12.7. The van der Waals surface area contributed by atoms with Crippen molar-refractivity contribution in [3.63, 3.8) is 0 Å². The molecule has 13 heavy (non-hydrogen) atoms. The van der Waals surface area contributed by atoms with Crippen molar-refractivity contribution < 1.29 is 5.11 Å². The third-order valence-electron chi connectivity index (χ3n) is 2.43. The van der Waals surface area contributed by atoms with Gasteiger partial charge in [0.1, 0.15) is 0 Å². The van der Waals surface area contributed by atoms with Crippen LogP contribution in [-0.2, 0) is 0 Å². The third-order valence-corrected chi connectivity index (χ3v) is 2.43. The summed E-state index contributed by atoms with van der Waals surface area (Å²) in [5.41, 5.74) is 0. The fraction of sp³-hybridized carbons (Fsp3) is 1.00. The molecule has 0 bridgehead atoms. The zero-order valence-corrected chi connectivity index (χ0v) is 9.83. The number of aliphatic hydroxyl groups is 1. The minimum absolute atomic E-state index is 0. The predicted molar refractivity (Wildman–Crippen MR) is 60.1 cm³/mol. The molecule has 2 unspecified atom stereocenters. The molecule has 1 aliphatic heterocycles. The SMILES string of the molecule is CCN(CC)C1CNCC1O.Cl.Cl. The second-order valence-corrected chi connectivity index (χ2v) is 3.01. The lowest BCUT2D eigenvalue weighted by atomic mass is 10.2. The molecule has 0 aromatic heterocycles. The van der Waals surface area contributed by atoms with Crippen LogP contribution >= 0.6 is 24.8 Å². The molecule has 0 saturated carbocycles. The van der Waals surface area contributed by atoms with Crippen molar-refractivity contribution in [2.45, 2.75) is 26.0 Å². The van der Waals surface area contributed by atoms with Gasteiger partial charge in [0.05, 0.1) is 6.10 Å². The van der Waals surface area contributed by atoms with Gasteiger partial charge >= 0.3 is 0 Å². The van der Waals surface area contributed by atoms with Crippen LogP contribution in [0.3, 0.4) is 0 Å². The van der Waals surface area contributed by atoms with Crippen LogP contribution in [0.15, 0.2) is 0 Å². The molecule has 1 saturated heterocycles. The molecule has 3 nitrogen and oxygen atoms in total. The maximum atomic E-state index is 9.52. The Hall–Kier alpha value is 0.460. The molecule has 0 aliphatic carbocycles. The van der Waals surface area contributed by atoms with E-state index in [0.717, 1.165) is 26.2 Å². The predicted octanol–water partition coefficient (Wildman–Crippen LogP) is 0.504. The Morgan fingerprint density at radius 2 is 1.77 bits per heavy atom. The van der Waals surface area contributed by atoms with Crippen molar-refractivity contribution in [1.82, 2.24) is 10.2 Å². The highest BCUT2D eigenvalue weighted by Crippen LogP contribution is 2.07. The first-order chi connectivity index (χ1) is 5.29. The van der Waals surface area contributed by atoms with Gasteiger partial charge in [-0.15, -0.1) is 24.8 Å². The molecule has 0 radical (unpaired) electrons. The number of likely N-dealkylation sites (N-methyl/N-ethyl adjacent to an activating group) is 1. The van der Waals surface area contributed by atoms with E-state index < -0.39 is 0 Å². The molecule has 0 spiro atoms. The standard InChI is InChI=1S/C8H18N2O.2ClH/c1-3-10(4-2)7-5-9-6-8(7)11;;/h7-9,11H,3-6H2,1-2H3;2*1H. The fourth-order valence-corrected chi connectivity index (χ4v) is 1.72. The topological polar surface area (TPSA) is 35.5 Å². The van der Waals surface area contributed by atoms with Gasteiger partial charge in [-0.1, -0.05) is 13.8 Å². The van der Waals surface area contributed by atoms with Crippen molar-refractivity contribution in [3.8, 4) is 0 Å². The smallest absolute Gasteiger partial charge is 0.0831 e. The highest BCUT2D eigenvalue weighted by Gasteiger charge is 2.28. The Morgan fingerprint density at radius 3 is 2.08 bits per heavy atom. The average molecular weight is 231 g/mol. The molecular weight excluding hydrogens is 211 g/mol. The zero-order chi connectivity index (χ0) is 8.27. The molecule has 5 heteroatoms. The van der Waals surface area contributed by atoms with E-state index in [4.69, 9.17) is 0 Å². The lowest BCUT2D eigenvalue weighted by Crippen LogP contribution is -2.42. The van der Waals surface area contributed by atoms with Crippen molar-refractivity contribution in [3.05, 3.63) is 0 Å². The van der Waals surface area contributed by atoms with E-state index in [1.807, 2.05) is 0 Å². The van der Waals surface area contributed by atoms with E-state index in [1.54, 1.807) is 0 Å². The quantitative estimate of drug-likeness (QED) is 0.742. The number of rotatable bonds is 3. The molecule has 82 valence electrons. The van der Waals surface area contributed by atoms with Gasteiger partial charge in [0, 0.05) is 19.1 Å². The summed E-state index contributed by atoms with van der Waals surface area (Å²) < 4.78 is 0. The first-order valence-electron chi connectivity index (χ1n) is 4.42. The van der Waals surface area contributed by atoms with Gasteiger partial charge in [0.25, 0.3) is 0 Å². The lowest BCUT2D eigenvalue weighted by Gasteiger charge is -2.27. The zero-order valence-electron chi connectivity index (χ0n) is 8.19. The molecule has 1 fully saturated rings. The Balaban J connectivity index is 0. The van der Waals surface area contributed by atoms with Crippen LogP contribution < -0.4 is 5.32 Å². The van der Waals surface area contributed by atoms with Crippen molar-refractivity contribution in [1.29, 1.82) is 0 Å². The third kappa shape index (κ3) is 4.00. The van der Waals surface area contributed by atoms with Crippen LogP contribution in [0.1, 0.15) is 13.8 Å². The molecule has 1 rings (SSSR count). The second-order valence-electron chi connectivity index (χ2n) is 3.01. The Labute approximate surface area is 92.7 Å². The first kappa shape index (κ1) is 15.9. The highest BCUT2D eigenvalue weighted by atomic mass is 35.5. The highest BCUT2D eigenvalue weighted by molar-refractivity contribution is 5.85. The fourth-order valence-electron chi connectivity index (χ4n) is 1.72. The monoisotopic (exact) mass is 230 g/mol. The van der Waals surface area contributed by atoms with Crippen molar-refractivity contribution >= 4 is 24.8 Å². The minimum atomic E-state index is -0.171. The summed E-state index contributed by atoms with van der Waals surface area (Å²) in [5.74, 6) is 0. The number of hydrogen-bond donors (Lipinski definition) is 2. The normalized spacial score (nSPS) is 26.8. The van der Waals surface area contributed by atoms with E-state index in [1.165, 1.54) is 0 Å². The van der Waals surface area contributed by atoms with Crippen LogP contribution in [0, 0.1) is 0 Å². The van der Waals surface area contributed by atoms with E-state index in [9.17, 15) is 5.11 Å². The summed E-state index contributed by atoms with van der Waals surface area (Å²) in [7, 11) is 0. The van der Waals surface area contributed by atoms with E-state index in [-0.39, 0.29) is 30.9 Å². The van der Waals surface area contributed by atoms with Gasteiger partial charge in [0.15, 0.2) is 0 Å². The van der Waals surface area contributed by atoms with Gasteiger partial charge in [0.2, 0.25) is 0 Å². The van der Waals surface area contributed by atoms with Gasteiger partial charge < -0.3 is 10.4 Å². The van der Waals surface area contributed by atoms with Crippen molar-refractivity contribution in [2.75, 3.05) is 26.2 Å². The minimum Gasteiger partial charge on any atom is -0.390 e. The number of β-amino-alcohol motifs (C(OH)–C–C–N with tert-alkyl or cyclic N) is 1. The van der Waals surface area contributed by atoms with Crippen LogP contribution in [0.5, 0.6) is 0 Å². The number of hydrogen-bond acceptors (Lipinski definition) is 3. The molecule has 2 N–H and O–H groups in total. The Bertz CT molecular complexity index is 123. The summed E-state index contributed by atoms with van der Waals surface area (Å²) >= 11 is 0. The van der Waals surface area contributed by atoms with Crippen LogP contribution in [0.2, 0.25) is 0 Å². The molecule has 0 aromatic carbocycles. The summed E-state index contributed by atoms with van der Waals surface area (Å²) in [6, 6.07) is 0.338. The Morgan fingerprint density at radius 1 is 1.23 bits per heavy atom. The van der Waals surface area contributed by atoms with Gasteiger partial charge in [-0.3, -0.25) is 4.90 Å². The average Bonchev–Trinajstić information content (AvgIpc) is 2.40. The summed E-state index contributed by atoms with van der Waals surface area (Å²) in [4.78, 5) is 2.30. The summed E-state index contributed by atoms with van der Waals surface area (Å²) in [6.07, 6.45) is -0.171. The molecule has 2 atom stereocenters. The maximum Gasteiger partial charge on any atom is 0.0831 e. The number of nitrogens with zero attached hydrogens (tertiary/aromatic N) is 1. The van der Waals surface area contributed by atoms with E-state index >= 15 is 0 Å². The van der Waals surface area contributed by atoms with E-state index in [0.29, 0.717) is 6.04 Å². The molecule has 1 heterocycles. The van der Waals surface area contributed by atoms with Crippen LogP contribution in [-0.4, -0.2) is 48.3 Å². The van der Waals surface area contributed by atoms with E-state index in [2.05, 4.69) is 24.1 Å². The number of nitrogens with one attached hydrogen (secondary N) is 1. The maximum absolute atomic E-state index is 9.52. The van der Waals surface area contributed by atoms with Gasteiger partial charge in [-0.2, -0.15) is 0 Å². The van der Waals surface area contributed by atoms with Crippen molar-refractivity contribution in [2.24, 2.45) is 0 Å². The van der Waals surface area contributed by atoms with Crippen LogP contribution in [0.25, 0.3) is 0 Å².